The van der Waals surface area contributed by atoms with Gasteiger partial charge in [0, 0.05) is 10.8 Å². The van der Waals surface area contributed by atoms with Crippen LogP contribution in [0.1, 0.15) is 39.0 Å². The number of esters is 2. The molecule has 9 heteroatoms. The number of aryl methyl sites for hydroxylation is 1. The van der Waals surface area contributed by atoms with Crippen LogP contribution in [0.5, 0.6) is 0 Å². The van der Waals surface area contributed by atoms with Crippen LogP contribution in [0, 0.1) is 0 Å². The number of carbonyl (C=O) groups is 2. The molecule has 2 aromatic heterocycles. The van der Waals surface area contributed by atoms with Crippen molar-refractivity contribution in [3.8, 4) is 0 Å². The van der Waals surface area contributed by atoms with Gasteiger partial charge >= 0.3 is 11.9 Å². The Morgan fingerprint density at radius 2 is 1.33 bits per heavy atom. The number of nitrogens with one attached hydrogen (secondary N) is 2. The van der Waals surface area contributed by atoms with Crippen molar-refractivity contribution in [3.05, 3.63) is 58.9 Å². The highest BCUT2D eigenvalue weighted by Gasteiger charge is 2.15. The number of ether oxygens (including phenoxy) is 2. The number of aromatic amines is 2. The predicted molar refractivity (Wildman–Crippen MR) is 110 cm³/mol. The summed E-state index contributed by atoms with van der Waals surface area (Å²) in [5.74, 6) is -0.897. The summed E-state index contributed by atoms with van der Waals surface area (Å²) in [6.45, 7) is 2.00. The Kier molecular flexibility index (Phi) is 6.43. The van der Waals surface area contributed by atoms with Gasteiger partial charge in [-0.05, 0) is 41.8 Å². The van der Waals surface area contributed by atoms with Crippen LogP contribution in [-0.2, 0) is 22.5 Å². The van der Waals surface area contributed by atoms with E-state index in [4.69, 9.17) is 5.11 Å². The molecule has 0 aliphatic rings. The summed E-state index contributed by atoms with van der Waals surface area (Å²) in [5.41, 5.74) is 4.09. The van der Waals surface area contributed by atoms with Crippen molar-refractivity contribution in [3.63, 3.8) is 0 Å². The van der Waals surface area contributed by atoms with E-state index in [-0.39, 0.29) is 12.3 Å². The zero-order chi connectivity index (χ0) is 21.7. The molecule has 9 nitrogen and oxygen atoms in total. The van der Waals surface area contributed by atoms with Gasteiger partial charge in [0.05, 0.1) is 31.9 Å². The van der Waals surface area contributed by atoms with Crippen LogP contribution >= 0.6 is 0 Å². The number of hydrogen-bond acceptors (Lipinski definition) is 7. The second-order valence-corrected chi connectivity index (χ2v) is 6.40. The molecule has 0 radical (unpaired) electrons. The van der Waals surface area contributed by atoms with Crippen LogP contribution in [0.15, 0.2) is 36.4 Å². The normalized spacial score (nSPS) is 10.5. The number of rotatable bonds is 4. The molecule has 2 aromatic carbocycles. The molecular formula is C21H22N4O5. The lowest BCUT2D eigenvalue weighted by molar-refractivity contribution is 0.0587. The molecule has 0 spiro atoms. The number of aliphatic hydroxyl groups excluding tert-OH is 1. The van der Waals surface area contributed by atoms with Gasteiger partial charge in [-0.25, -0.2) is 9.59 Å². The number of H-pyrrole nitrogens is 2. The number of benzene rings is 2. The summed E-state index contributed by atoms with van der Waals surface area (Å²) in [5, 5.41) is 23.8. The molecule has 0 saturated heterocycles. The van der Waals surface area contributed by atoms with E-state index in [9.17, 15) is 9.59 Å². The number of aromatic nitrogens is 4. The molecule has 4 rings (SSSR count). The summed E-state index contributed by atoms with van der Waals surface area (Å²) < 4.78 is 9.25. The average molecular weight is 410 g/mol. The number of carbonyl (C=O) groups excluding carboxylic acids is 2. The molecule has 0 fully saturated rings. The summed E-state index contributed by atoms with van der Waals surface area (Å²) >= 11 is 0. The molecule has 0 saturated carbocycles. The highest BCUT2D eigenvalue weighted by atomic mass is 16.5. The average Bonchev–Trinajstić information content (AvgIpc) is 3.41. The quantitative estimate of drug-likeness (QED) is 0.441. The summed E-state index contributed by atoms with van der Waals surface area (Å²) in [4.78, 5) is 22.7. The van der Waals surface area contributed by atoms with Crippen molar-refractivity contribution in [2.75, 3.05) is 14.2 Å². The van der Waals surface area contributed by atoms with Crippen molar-refractivity contribution in [1.29, 1.82) is 0 Å². The highest BCUT2D eigenvalue weighted by Crippen LogP contribution is 2.19. The van der Waals surface area contributed by atoms with E-state index >= 15 is 0 Å². The molecule has 30 heavy (non-hydrogen) atoms. The molecule has 0 aliphatic carbocycles. The number of fused-ring (bicyclic) bond motifs is 2. The van der Waals surface area contributed by atoms with E-state index < -0.39 is 11.9 Å². The summed E-state index contributed by atoms with van der Waals surface area (Å²) in [7, 11) is 2.66. The fourth-order valence-corrected chi connectivity index (χ4v) is 2.95. The van der Waals surface area contributed by atoms with E-state index in [0.29, 0.717) is 11.1 Å². The first kappa shape index (κ1) is 21.0. The van der Waals surface area contributed by atoms with E-state index in [1.54, 1.807) is 18.2 Å². The Morgan fingerprint density at radius 3 is 1.77 bits per heavy atom. The van der Waals surface area contributed by atoms with Crippen LogP contribution in [0.4, 0.5) is 0 Å². The Hall–Kier alpha value is -3.72. The monoisotopic (exact) mass is 410 g/mol. The van der Waals surface area contributed by atoms with Gasteiger partial charge < -0.3 is 14.6 Å². The van der Waals surface area contributed by atoms with Crippen molar-refractivity contribution in [2.45, 2.75) is 20.0 Å². The summed E-state index contributed by atoms with van der Waals surface area (Å²) in [6, 6.07) is 11.1. The smallest absolute Gasteiger partial charge is 0.359 e. The molecule has 0 atom stereocenters. The van der Waals surface area contributed by atoms with E-state index in [0.717, 1.165) is 28.4 Å². The van der Waals surface area contributed by atoms with E-state index in [1.165, 1.54) is 19.8 Å². The van der Waals surface area contributed by atoms with Crippen molar-refractivity contribution >= 4 is 33.7 Å². The second-order valence-electron chi connectivity index (χ2n) is 6.40. The third-order valence-electron chi connectivity index (χ3n) is 4.60. The predicted octanol–water partition coefficient (Wildman–Crippen LogP) is 2.75. The van der Waals surface area contributed by atoms with Gasteiger partial charge in [0.25, 0.3) is 0 Å². The van der Waals surface area contributed by atoms with Gasteiger partial charge in [-0.1, -0.05) is 19.1 Å². The van der Waals surface area contributed by atoms with Crippen LogP contribution in [0.25, 0.3) is 21.8 Å². The molecule has 2 heterocycles. The van der Waals surface area contributed by atoms with Crippen LogP contribution < -0.4 is 0 Å². The number of nitrogens with zero attached hydrogens (tertiary/aromatic N) is 2. The van der Waals surface area contributed by atoms with Gasteiger partial charge in [0.1, 0.15) is 0 Å². The first-order chi connectivity index (χ1) is 14.5. The Bertz CT molecular complexity index is 1100. The van der Waals surface area contributed by atoms with Gasteiger partial charge in [-0.15, -0.1) is 0 Å². The van der Waals surface area contributed by atoms with Crippen LogP contribution in [-0.4, -0.2) is 51.7 Å². The van der Waals surface area contributed by atoms with Crippen LogP contribution in [0.2, 0.25) is 0 Å². The maximum Gasteiger partial charge on any atom is 0.359 e. The van der Waals surface area contributed by atoms with Gasteiger partial charge in [0.15, 0.2) is 11.4 Å². The Labute approximate surface area is 172 Å². The third kappa shape index (κ3) is 4.15. The molecule has 0 aliphatic heterocycles. The molecule has 0 unspecified atom stereocenters. The van der Waals surface area contributed by atoms with Crippen molar-refractivity contribution in [2.24, 2.45) is 0 Å². The van der Waals surface area contributed by atoms with Gasteiger partial charge in [-0.3, -0.25) is 10.2 Å². The Morgan fingerprint density at radius 1 is 0.867 bits per heavy atom. The minimum absolute atomic E-state index is 0.0677. The second kappa shape index (κ2) is 9.19. The van der Waals surface area contributed by atoms with Crippen molar-refractivity contribution < 1.29 is 24.2 Å². The third-order valence-corrected chi connectivity index (χ3v) is 4.60. The van der Waals surface area contributed by atoms with Gasteiger partial charge in [-0.2, -0.15) is 10.2 Å². The topological polar surface area (TPSA) is 130 Å². The summed E-state index contributed by atoms with van der Waals surface area (Å²) in [6.07, 6.45) is 0.932. The lowest BCUT2D eigenvalue weighted by atomic mass is 10.1. The molecule has 3 N–H and O–H groups in total. The van der Waals surface area contributed by atoms with Crippen LogP contribution in [0.3, 0.4) is 0 Å². The molecule has 0 amide bonds. The number of aliphatic hydroxyl groups is 1. The molecule has 4 aromatic rings. The zero-order valence-electron chi connectivity index (χ0n) is 16.9. The number of hydrogen-bond donors (Lipinski definition) is 3. The fourth-order valence-electron chi connectivity index (χ4n) is 2.95. The first-order valence-corrected chi connectivity index (χ1v) is 9.23. The largest absolute Gasteiger partial charge is 0.464 e. The maximum absolute atomic E-state index is 11.4. The fraction of sp³-hybridized carbons (Fsp3) is 0.238. The Balaban J connectivity index is 0.000000171. The number of methoxy groups -OCH3 is 2. The van der Waals surface area contributed by atoms with E-state index in [2.05, 4.69) is 36.8 Å². The lowest BCUT2D eigenvalue weighted by Crippen LogP contribution is -2.02. The SMILES string of the molecule is CCc1ccc2[nH]nc(C(=O)OC)c2c1.COC(=O)c1n[nH]c2ccc(CO)cc12. The molecule has 156 valence electrons. The standard InChI is InChI=1S/C11H12N2O2.C10H10N2O3/c1-3-7-4-5-9-8(6-7)10(13-12-9)11(14)15-2;1-15-10(14)9-7-4-6(5-13)2-3-8(7)11-12-9/h4-6H,3H2,1-2H3,(H,12,13);2-4,13H,5H2,1H3,(H,11,12). The van der Waals surface area contributed by atoms with Crippen molar-refractivity contribution in [1.82, 2.24) is 20.4 Å². The van der Waals surface area contributed by atoms with Gasteiger partial charge in [0.2, 0.25) is 0 Å². The lowest BCUT2D eigenvalue weighted by Gasteiger charge is -1.97. The minimum Gasteiger partial charge on any atom is -0.464 e. The first-order valence-electron chi connectivity index (χ1n) is 9.23. The minimum atomic E-state index is -0.490. The maximum atomic E-state index is 11.4. The molecule has 0 bridgehead atoms. The highest BCUT2D eigenvalue weighted by molar-refractivity contribution is 6.02. The molecular weight excluding hydrogens is 388 g/mol. The zero-order valence-corrected chi connectivity index (χ0v) is 16.9. The van der Waals surface area contributed by atoms with E-state index in [1.807, 2.05) is 18.2 Å².